The van der Waals surface area contributed by atoms with Crippen molar-refractivity contribution in [2.75, 3.05) is 0 Å². The highest BCUT2D eigenvalue weighted by atomic mass is 16.3. The van der Waals surface area contributed by atoms with Crippen LogP contribution in [0.2, 0.25) is 0 Å². The first-order valence-electron chi connectivity index (χ1n) is 2.83. The summed E-state index contributed by atoms with van der Waals surface area (Å²) in [5, 5.41) is 9.21. The van der Waals surface area contributed by atoms with Crippen LogP contribution in [0.3, 0.4) is 0 Å². The van der Waals surface area contributed by atoms with Gasteiger partial charge in [0.1, 0.15) is 0 Å². The molecule has 0 unspecified atom stereocenters. The van der Waals surface area contributed by atoms with Crippen LogP contribution in [-0.2, 0) is 0 Å². The highest BCUT2D eigenvalue weighted by Crippen LogP contribution is 2.15. The zero-order valence-electron chi connectivity index (χ0n) is 5.81. The van der Waals surface area contributed by atoms with Gasteiger partial charge in [0, 0.05) is 5.92 Å². The molecule has 0 saturated carbocycles. The molecular formula is C7H14O. The van der Waals surface area contributed by atoms with Gasteiger partial charge >= 0.3 is 0 Å². The molecule has 0 aromatic carbocycles. The van der Waals surface area contributed by atoms with Gasteiger partial charge in [-0.25, -0.2) is 0 Å². The van der Waals surface area contributed by atoms with Crippen molar-refractivity contribution < 1.29 is 5.11 Å². The van der Waals surface area contributed by atoms with Crippen LogP contribution in [0.15, 0.2) is 12.7 Å². The van der Waals surface area contributed by atoms with E-state index in [-0.39, 0.29) is 5.92 Å². The van der Waals surface area contributed by atoms with E-state index < -0.39 is 5.60 Å². The molecule has 0 radical (unpaired) electrons. The van der Waals surface area contributed by atoms with Gasteiger partial charge in [-0.05, 0) is 13.8 Å². The van der Waals surface area contributed by atoms with Gasteiger partial charge < -0.3 is 5.11 Å². The average molecular weight is 114 g/mol. The van der Waals surface area contributed by atoms with Crippen molar-refractivity contribution in [2.24, 2.45) is 5.92 Å². The Labute approximate surface area is 51.0 Å². The SMILES string of the molecule is C=C[C@@H](C)C(C)(C)O. The second-order valence-electron chi connectivity index (χ2n) is 2.68. The van der Waals surface area contributed by atoms with Crippen LogP contribution in [0.25, 0.3) is 0 Å². The maximum absolute atomic E-state index is 9.21. The van der Waals surface area contributed by atoms with Crippen molar-refractivity contribution in [3.8, 4) is 0 Å². The van der Waals surface area contributed by atoms with E-state index in [9.17, 15) is 5.11 Å². The first-order chi connectivity index (χ1) is 3.48. The van der Waals surface area contributed by atoms with Gasteiger partial charge in [0.25, 0.3) is 0 Å². The van der Waals surface area contributed by atoms with Gasteiger partial charge in [-0.2, -0.15) is 0 Å². The van der Waals surface area contributed by atoms with Crippen LogP contribution >= 0.6 is 0 Å². The molecule has 1 N–H and O–H groups in total. The first-order valence-corrected chi connectivity index (χ1v) is 2.83. The maximum Gasteiger partial charge on any atom is 0.0651 e. The fourth-order valence-electron chi connectivity index (χ4n) is 0.288. The number of hydrogen-bond acceptors (Lipinski definition) is 1. The summed E-state index contributed by atoms with van der Waals surface area (Å²) < 4.78 is 0. The number of aliphatic hydroxyl groups is 1. The predicted octanol–water partition coefficient (Wildman–Crippen LogP) is 1.58. The Morgan fingerprint density at radius 1 is 1.62 bits per heavy atom. The molecule has 1 nitrogen and oxygen atoms in total. The molecule has 1 heteroatoms. The minimum atomic E-state index is -0.609. The minimum absolute atomic E-state index is 0.169. The summed E-state index contributed by atoms with van der Waals surface area (Å²) in [5.74, 6) is 0.169. The van der Waals surface area contributed by atoms with Crippen molar-refractivity contribution in [3.05, 3.63) is 12.7 Å². The zero-order valence-corrected chi connectivity index (χ0v) is 5.81. The van der Waals surface area contributed by atoms with Crippen LogP contribution in [0.1, 0.15) is 20.8 Å². The van der Waals surface area contributed by atoms with Gasteiger partial charge in [-0.3, -0.25) is 0 Å². The molecule has 0 aromatic rings. The summed E-state index contributed by atoms with van der Waals surface area (Å²) in [6, 6.07) is 0. The predicted molar refractivity (Wildman–Crippen MR) is 35.7 cm³/mol. The Kier molecular flexibility index (Phi) is 2.23. The standard InChI is InChI=1S/C7H14O/c1-5-6(2)7(3,4)8/h5-6,8H,1H2,2-4H3/t6-/m1/s1. The van der Waals surface area contributed by atoms with E-state index in [0.717, 1.165) is 0 Å². The molecule has 0 aliphatic carbocycles. The van der Waals surface area contributed by atoms with Crippen molar-refractivity contribution in [3.63, 3.8) is 0 Å². The lowest BCUT2D eigenvalue weighted by Gasteiger charge is -2.21. The second kappa shape index (κ2) is 2.31. The monoisotopic (exact) mass is 114 g/mol. The molecule has 0 rings (SSSR count). The second-order valence-corrected chi connectivity index (χ2v) is 2.68. The van der Waals surface area contributed by atoms with Gasteiger partial charge in [-0.1, -0.05) is 13.0 Å². The van der Waals surface area contributed by atoms with Crippen molar-refractivity contribution in [1.29, 1.82) is 0 Å². The molecule has 48 valence electrons. The Bertz CT molecular complexity index is 78.9. The van der Waals surface area contributed by atoms with E-state index in [1.54, 1.807) is 19.9 Å². The fourth-order valence-corrected chi connectivity index (χ4v) is 0.288. The average Bonchev–Trinajstić information content (AvgIpc) is 1.62. The van der Waals surface area contributed by atoms with E-state index in [1.807, 2.05) is 6.92 Å². The van der Waals surface area contributed by atoms with Gasteiger partial charge in [0.2, 0.25) is 0 Å². The highest BCUT2D eigenvalue weighted by Gasteiger charge is 2.18. The van der Waals surface area contributed by atoms with Crippen LogP contribution in [-0.4, -0.2) is 10.7 Å². The maximum atomic E-state index is 9.21. The summed E-state index contributed by atoms with van der Waals surface area (Å²) in [7, 11) is 0. The lowest BCUT2D eigenvalue weighted by atomic mass is 9.93. The van der Waals surface area contributed by atoms with Gasteiger partial charge in [0.05, 0.1) is 5.60 Å². The molecule has 0 fully saturated rings. The van der Waals surface area contributed by atoms with Gasteiger partial charge in [0.15, 0.2) is 0 Å². The molecule has 0 heterocycles. The number of rotatable bonds is 2. The Morgan fingerprint density at radius 2 is 2.00 bits per heavy atom. The van der Waals surface area contributed by atoms with Crippen LogP contribution in [0.4, 0.5) is 0 Å². The lowest BCUT2D eigenvalue weighted by Crippen LogP contribution is -2.26. The molecular weight excluding hydrogens is 100 g/mol. The van der Waals surface area contributed by atoms with Crippen molar-refractivity contribution in [2.45, 2.75) is 26.4 Å². The van der Waals surface area contributed by atoms with Crippen LogP contribution in [0, 0.1) is 5.92 Å². The van der Waals surface area contributed by atoms with E-state index in [0.29, 0.717) is 0 Å². The quantitative estimate of drug-likeness (QED) is 0.540. The van der Waals surface area contributed by atoms with Crippen LogP contribution in [0.5, 0.6) is 0 Å². The van der Waals surface area contributed by atoms with E-state index in [2.05, 4.69) is 6.58 Å². The third-order valence-corrected chi connectivity index (χ3v) is 1.47. The minimum Gasteiger partial charge on any atom is -0.390 e. The summed E-state index contributed by atoms with van der Waals surface area (Å²) in [5.41, 5.74) is -0.609. The molecule has 1 atom stereocenters. The van der Waals surface area contributed by atoms with E-state index >= 15 is 0 Å². The third-order valence-electron chi connectivity index (χ3n) is 1.47. The molecule has 0 amide bonds. The molecule has 0 aliphatic rings. The summed E-state index contributed by atoms with van der Waals surface area (Å²) in [6.07, 6.45) is 1.75. The van der Waals surface area contributed by atoms with Crippen LogP contribution < -0.4 is 0 Å². The highest BCUT2D eigenvalue weighted by molar-refractivity contribution is 4.86. The lowest BCUT2D eigenvalue weighted by molar-refractivity contribution is 0.0442. The van der Waals surface area contributed by atoms with E-state index in [4.69, 9.17) is 0 Å². The van der Waals surface area contributed by atoms with E-state index in [1.165, 1.54) is 0 Å². The molecule has 0 aliphatic heterocycles. The summed E-state index contributed by atoms with van der Waals surface area (Å²) >= 11 is 0. The van der Waals surface area contributed by atoms with Gasteiger partial charge in [-0.15, -0.1) is 6.58 Å². The molecule has 0 saturated heterocycles. The topological polar surface area (TPSA) is 20.2 Å². The Hall–Kier alpha value is -0.300. The summed E-state index contributed by atoms with van der Waals surface area (Å²) in [6.45, 7) is 9.06. The first kappa shape index (κ1) is 7.70. The molecule has 0 bridgehead atoms. The Morgan fingerprint density at radius 3 is 2.00 bits per heavy atom. The molecule has 0 spiro atoms. The fraction of sp³-hybridized carbons (Fsp3) is 0.714. The summed E-state index contributed by atoms with van der Waals surface area (Å²) in [4.78, 5) is 0. The normalized spacial score (nSPS) is 15.5. The number of hydrogen-bond donors (Lipinski definition) is 1. The van der Waals surface area contributed by atoms with Crippen molar-refractivity contribution in [1.82, 2.24) is 0 Å². The largest absolute Gasteiger partial charge is 0.390 e. The van der Waals surface area contributed by atoms with Crippen molar-refractivity contribution >= 4 is 0 Å². The molecule has 8 heavy (non-hydrogen) atoms. The zero-order chi connectivity index (χ0) is 6.78. The smallest absolute Gasteiger partial charge is 0.0651 e. The Balaban J connectivity index is 3.80. The third kappa shape index (κ3) is 2.12. The molecule has 0 aromatic heterocycles.